The topological polar surface area (TPSA) is 89.8 Å². The maximum absolute atomic E-state index is 12.3. The number of carbonyl (C=O) groups is 1. The molecule has 0 aliphatic heterocycles. The van der Waals surface area contributed by atoms with Crippen LogP contribution in [-0.2, 0) is 4.79 Å². The minimum absolute atomic E-state index is 0.0170. The first-order valence-electron chi connectivity index (χ1n) is 16.0. The lowest BCUT2D eigenvalue weighted by Crippen LogP contribution is -2.46. The van der Waals surface area contributed by atoms with Gasteiger partial charge in [0.25, 0.3) is 0 Å². The number of carbonyl (C=O) groups excluding carboxylic acids is 1. The third kappa shape index (κ3) is 25.1. The van der Waals surface area contributed by atoms with E-state index in [2.05, 4.69) is 31.3 Å². The summed E-state index contributed by atoms with van der Waals surface area (Å²) in [4.78, 5) is 12.3. The number of rotatable bonds is 28. The Kier molecular flexibility index (Phi) is 27.4. The van der Waals surface area contributed by atoms with Crippen molar-refractivity contribution in [2.24, 2.45) is 0 Å². The molecule has 5 nitrogen and oxygen atoms in total. The van der Waals surface area contributed by atoms with Gasteiger partial charge in [-0.2, -0.15) is 0 Å². The molecule has 0 aromatic heterocycles. The maximum Gasteiger partial charge on any atom is 0.222 e. The molecule has 0 aromatic carbocycles. The highest BCUT2D eigenvalue weighted by Gasteiger charge is 2.21. The van der Waals surface area contributed by atoms with Gasteiger partial charge < -0.3 is 20.6 Å². The van der Waals surface area contributed by atoms with E-state index >= 15 is 0 Å². The smallest absolute Gasteiger partial charge is 0.222 e. The minimum Gasteiger partial charge on any atom is -0.394 e. The van der Waals surface area contributed by atoms with Crippen molar-refractivity contribution < 1.29 is 20.1 Å². The largest absolute Gasteiger partial charge is 0.394 e. The van der Waals surface area contributed by atoms with Crippen LogP contribution in [0.4, 0.5) is 0 Å². The molecule has 220 valence electrons. The van der Waals surface area contributed by atoms with Crippen molar-refractivity contribution in [3.63, 3.8) is 0 Å². The van der Waals surface area contributed by atoms with Crippen LogP contribution in [0.3, 0.4) is 0 Å². The van der Waals surface area contributed by atoms with E-state index in [0.717, 1.165) is 32.1 Å². The van der Waals surface area contributed by atoms with Crippen LogP contribution in [0.25, 0.3) is 0 Å². The number of aliphatic hydroxyl groups excluding tert-OH is 3. The first kappa shape index (κ1) is 36.1. The SMILES string of the molecule is CCCCCCCC/C=C\CCCC(O)CC(=O)NC(CO)C(O)CCCCCCCCCCCCC. The molecule has 0 bridgehead atoms. The van der Waals surface area contributed by atoms with Gasteiger partial charge in [0.05, 0.1) is 31.3 Å². The highest BCUT2D eigenvalue weighted by atomic mass is 16.3. The molecule has 4 N–H and O–H groups in total. The van der Waals surface area contributed by atoms with E-state index < -0.39 is 18.2 Å². The molecule has 0 aromatic rings. The zero-order valence-electron chi connectivity index (χ0n) is 24.6. The second-order valence-electron chi connectivity index (χ2n) is 11.1. The molecule has 0 aliphatic carbocycles. The number of aliphatic hydroxyl groups is 3. The van der Waals surface area contributed by atoms with E-state index in [1.165, 1.54) is 96.3 Å². The number of hydrogen-bond donors (Lipinski definition) is 4. The number of nitrogens with one attached hydrogen (secondary N) is 1. The lowest BCUT2D eigenvalue weighted by Gasteiger charge is -2.23. The van der Waals surface area contributed by atoms with Crippen molar-refractivity contribution in [1.82, 2.24) is 5.32 Å². The first-order chi connectivity index (χ1) is 18.0. The van der Waals surface area contributed by atoms with Gasteiger partial charge in [0.2, 0.25) is 5.91 Å². The van der Waals surface area contributed by atoms with Gasteiger partial charge in [-0.05, 0) is 38.5 Å². The molecule has 0 heterocycles. The summed E-state index contributed by atoms with van der Waals surface area (Å²) >= 11 is 0. The van der Waals surface area contributed by atoms with Crippen LogP contribution in [0.5, 0.6) is 0 Å². The standard InChI is InChI=1S/C32H63NO4/c1-3-5-7-9-11-13-15-17-19-21-23-25-29(35)27-32(37)33-30(28-34)31(36)26-24-22-20-18-16-14-12-10-8-6-4-2/h17,19,29-31,34-36H,3-16,18,20-28H2,1-2H3,(H,33,37)/b19-17-. The molecule has 37 heavy (non-hydrogen) atoms. The normalized spacial score (nSPS) is 14.2. The first-order valence-corrected chi connectivity index (χ1v) is 16.0. The minimum atomic E-state index is -0.749. The van der Waals surface area contributed by atoms with Crippen molar-refractivity contribution in [1.29, 1.82) is 0 Å². The van der Waals surface area contributed by atoms with Crippen molar-refractivity contribution >= 4 is 5.91 Å². The molecular formula is C32H63NO4. The van der Waals surface area contributed by atoms with Gasteiger partial charge in [0.15, 0.2) is 0 Å². The second kappa shape index (κ2) is 28.1. The highest BCUT2D eigenvalue weighted by Crippen LogP contribution is 2.14. The molecule has 3 atom stereocenters. The Morgan fingerprint density at radius 1 is 0.649 bits per heavy atom. The van der Waals surface area contributed by atoms with Crippen molar-refractivity contribution in [2.75, 3.05) is 6.61 Å². The molecular weight excluding hydrogens is 462 g/mol. The summed E-state index contributed by atoms with van der Waals surface area (Å²) in [5, 5.41) is 32.9. The zero-order valence-corrected chi connectivity index (χ0v) is 24.6. The molecule has 5 heteroatoms. The van der Waals surface area contributed by atoms with Gasteiger partial charge in [-0.1, -0.05) is 129 Å². The molecule has 1 amide bonds. The van der Waals surface area contributed by atoms with Crippen LogP contribution in [0, 0.1) is 0 Å². The molecule has 0 saturated heterocycles. The molecule has 0 saturated carbocycles. The van der Waals surface area contributed by atoms with Crippen LogP contribution in [0.1, 0.15) is 162 Å². The predicted molar refractivity (Wildman–Crippen MR) is 158 cm³/mol. The van der Waals surface area contributed by atoms with Crippen molar-refractivity contribution in [2.45, 2.75) is 180 Å². The Hall–Kier alpha value is -0.910. The predicted octanol–water partition coefficient (Wildman–Crippen LogP) is 7.75. The molecule has 0 spiro atoms. The van der Waals surface area contributed by atoms with E-state index in [0.29, 0.717) is 12.8 Å². The van der Waals surface area contributed by atoms with Crippen LogP contribution in [0.2, 0.25) is 0 Å². The van der Waals surface area contributed by atoms with Crippen LogP contribution in [0.15, 0.2) is 12.2 Å². The van der Waals surface area contributed by atoms with Crippen LogP contribution < -0.4 is 5.32 Å². The molecule has 0 fully saturated rings. The van der Waals surface area contributed by atoms with Crippen LogP contribution in [-0.4, -0.2) is 46.1 Å². The number of amides is 1. The average Bonchev–Trinajstić information content (AvgIpc) is 2.88. The number of hydrogen-bond acceptors (Lipinski definition) is 4. The third-order valence-electron chi connectivity index (χ3n) is 7.33. The van der Waals surface area contributed by atoms with E-state index in [9.17, 15) is 20.1 Å². The quantitative estimate of drug-likeness (QED) is 0.0621. The van der Waals surface area contributed by atoms with E-state index in [1.807, 2.05) is 0 Å². The Labute approximate surface area is 229 Å². The fourth-order valence-electron chi connectivity index (χ4n) is 4.81. The lowest BCUT2D eigenvalue weighted by atomic mass is 10.0. The molecule has 3 unspecified atom stereocenters. The summed E-state index contributed by atoms with van der Waals surface area (Å²) < 4.78 is 0. The highest BCUT2D eigenvalue weighted by molar-refractivity contribution is 5.76. The number of unbranched alkanes of at least 4 members (excludes halogenated alkanes) is 17. The molecule has 0 rings (SSSR count). The van der Waals surface area contributed by atoms with Gasteiger partial charge in [-0.15, -0.1) is 0 Å². The third-order valence-corrected chi connectivity index (χ3v) is 7.33. The monoisotopic (exact) mass is 525 g/mol. The van der Waals surface area contributed by atoms with Crippen molar-refractivity contribution in [3.8, 4) is 0 Å². The summed E-state index contributed by atoms with van der Waals surface area (Å²) in [5.41, 5.74) is 0. The van der Waals surface area contributed by atoms with Crippen molar-refractivity contribution in [3.05, 3.63) is 12.2 Å². The second-order valence-corrected chi connectivity index (χ2v) is 11.1. The van der Waals surface area contributed by atoms with Gasteiger partial charge in [0.1, 0.15) is 0 Å². The maximum atomic E-state index is 12.3. The summed E-state index contributed by atoms with van der Waals surface area (Å²) in [7, 11) is 0. The Morgan fingerprint density at radius 2 is 1.11 bits per heavy atom. The fourth-order valence-corrected chi connectivity index (χ4v) is 4.81. The summed E-state index contributed by atoms with van der Waals surface area (Å²) in [6.45, 7) is 4.20. The molecule has 0 radical (unpaired) electrons. The van der Waals surface area contributed by atoms with Gasteiger partial charge in [-0.25, -0.2) is 0 Å². The van der Waals surface area contributed by atoms with Gasteiger partial charge >= 0.3 is 0 Å². The van der Waals surface area contributed by atoms with Crippen LogP contribution >= 0.6 is 0 Å². The lowest BCUT2D eigenvalue weighted by molar-refractivity contribution is -0.125. The Morgan fingerprint density at radius 3 is 1.62 bits per heavy atom. The fraction of sp³-hybridized carbons (Fsp3) is 0.906. The van der Waals surface area contributed by atoms with E-state index in [-0.39, 0.29) is 18.9 Å². The van der Waals surface area contributed by atoms with Gasteiger partial charge in [0, 0.05) is 0 Å². The average molecular weight is 526 g/mol. The van der Waals surface area contributed by atoms with E-state index in [4.69, 9.17) is 0 Å². The summed E-state index contributed by atoms with van der Waals surface area (Å²) in [6.07, 6.45) is 28.7. The molecule has 0 aliphatic rings. The zero-order chi connectivity index (χ0) is 27.4. The van der Waals surface area contributed by atoms with E-state index in [1.54, 1.807) is 0 Å². The Bertz CT molecular complexity index is 511. The number of allylic oxidation sites excluding steroid dienone is 2. The van der Waals surface area contributed by atoms with Gasteiger partial charge in [-0.3, -0.25) is 4.79 Å². The summed E-state index contributed by atoms with van der Waals surface area (Å²) in [6, 6.07) is -0.660. The summed E-state index contributed by atoms with van der Waals surface area (Å²) in [5.74, 6) is -0.303. The Balaban J connectivity index is 3.78.